The van der Waals surface area contributed by atoms with E-state index in [1.165, 1.54) is 6.33 Å². The standard InChI is InChI=1S/C5H2ClN3OS/c6-3-2-4(8-1-7-3)11-5(10)9-2/h1H,(H,9,10). The SMILES string of the molecule is O=c1[nH]c2c(Cl)ncnc2s1. The number of aromatic amines is 1. The van der Waals surface area contributed by atoms with Crippen LogP contribution in [0, 0.1) is 0 Å². The Balaban J connectivity index is 3.01. The number of hydrogen-bond donors (Lipinski definition) is 1. The first-order valence-corrected chi connectivity index (χ1v) is 3.96. The number of aromatic nitrogens is 3. The lowest BCUT2D eigenvalue weighted by atomic mass is 10.6. The van der Waals surface area contributed by atoms with E-state index in [-0.39, 0.29) is 10.0 Å². The maximum Gasteiger partial charge on any atom is 0.307 e. The van der Waals surface area contributed by atoms with Crippen LogP contribution in [0.1, 0.15) is 0 Å². The molecule has 2 rings (SSSR count). The van der Waals surface area contributed by atoms with Crippen molar-refractivity contribution < 1.29 is 0 Å². The van der Waals surface area contributed by atoms with Crippen molar-refractivity contribution in [3.05, 3.63) is 21.1 Å². The first-order chi connectivity index (χ1) is 5.27. The van der Waals surface area contributed by atoms with Crippen LogP contribution in [0.3, 0.4) is 0 Å². The highest BCUT2D eigenvalue weighted by Crippen LogP contribution is 2.16. The Bertz CT molecular complexity index is 448. The highest BCUT2D eigenvalue weighted by Gasteiger charge is 2.03. The second-order valence-electron chi connectivity index (χ2n) is 1.86. The van der Waals surface area contributed by atoms with E-state index in [1.807, 2.05) is 0 Å². The summed E-state index contributed by atoms with van der Waals surface area (Å²) in [6, 6.07) is 0. The molecule has 0 saturated heterocycles. The van der Waals surface area contributed by atoms with Gasteiger partial charge in [-0.2, -0.15) is 0 Å². The van der Waals surface area contributed by atoms with Crippen LogP contribution >= 0.6 is 22.9 Å². The van der Waals surface area contributed by atoms with E-state index in [4.69, 9.17) is 11.6 Å². The van der Waals surface area contributed by atoms with Gasteiger partial charge in [-0.3, -0.25) is 4.79 Å². The molecule has 11 heavy (non-hydrogen) atoms. The second kappa shape index (κ2) is 2.28. The Labute approximate surface area is 69.9 Å². The molecule has 0 amide bonds. The summed E-state index contributed by atoms with van der Waals surface area (Å²) in [4.78, 5) is 21.3. The highest BCUT2D eigenvalue weighted by atomic mass is 35.5. The molecule has 0 aliphatic heterocycles. The molecule has 0 bridgehead atoms. The molecule has 4 nitrogen and oxygen atoms in total. The van der Waals surface area contributed by atoms with Crippen molar-refractivity contribution in [1.82, 2.24) is 15.0 Å². The van der Waals surface area contributed by atoms with Gasteiger partial charge in [-0.1, -0.05) is 22.9 Å². The number of halogens is 1. The van der Waals surface area contributed by atoms with Crippen LogP contribution in [0.2, 0.25) is 5.15 Å². The van der Waals surface area contributed by atoms with Crippen molar-refractivity contribution in [3.8, 4) is 0 Å². The molecule has 56 valence electrons. The van der Waals surface area contributed by atoms with Crippen LogP contribution in [-0.4, -0.2) is 15.0 Å². The van der Waals surface area contributed by atoms with Gasteiger partial charge in [0.25, 0.3) is 0 Å². The Morgan fingerprint density at radius 3 is 3.09 bits per heavy atom. The van der Waals surface area contributed by atoms with Crippen molar-refractivity contribution in [3.63, 3.8) is 0 Å². The Kier molecular flexibility index (Phi) is 1.40. The topological polar surface area (TPSA) is 58.6 Å². The van der Waals surface area contributed by atoms with E-state index in [1.54, 1.807) is 0 Å². The average Bonchev–Trinajstić information content (AvgIpc) is 2.31. The van der Waals surface area contributed by atoms with E-state index in [0.717, 1.165) is 11.3 Å². The summed E-state index contributed by atoms with van der Waals surface area (Å²) in [5.74, 6) is 0. The minimum absolute atomic E-state index is 0.164. The van der Waals surface area contributed by atoms with Crippen LogP contribution < -0.4 is 4.87 Å². The van der Waals surface area contributed by atoms with E-state index in [2.05, 4.69) is 15.0 Å². The maximum absolute atomic E-state index is 10.8. The Morgan fingerprint density at radius 2 is 2.36 bits per heavy atom. The predicted molar refractivity (Wildman–Crippen MR) is 43.0 cm³/mol. The van der Waals surface area contributed by atoms with E-state index in [0.29, 0.717) is 10.3 Å². The molecule has 2 aromatic heterocycles. The molecule has 6 heteroatoms. The molecule has 0 atom stereocenters. The van der Waals surface area contributed by atoms with Gasteiger partial charge in [0, 0.05) is 0 Å². The van der Waals surface area contributed by atoms with Crippen LogP contribution in [0.5, 0.6) is 0 Å². The number of thiazole rings is 1. The van der Waals surface area contributed by atoms with Crippen molar-refractivity contribution in [2.75, 3.05) is 0 Å². The first-order valence-electron chi connectivity index (χ1n) is 2.76. The van der Waals surface area contributed by atoms with Gasteiger partial charge in [0.15, 0.2) is 5.15 Å². The van der Waals surface area contributed by atoms with Crippen molar-refractivity contribution >= 4 is 33.3 Å². The molecule has 0 fully saturated rings. The van der Waals surface area contributed by atoms with Gasteiger partial charge in [-0.15, -0.1) is 0 Å². The number of nitrogens with zero attached hydrogens (tertiary/aromatic N) is 2. The van der Waals surface area contributed by atoms with Crippen molar-refractivity contribution in [2.24, 2.45) is 0 Å². The molecule has 1 N–H and O–H groups in total. The van der Waals surface area contributed by atoms with Crippen molar-refractivity contribution in [1.29, 1.82) is 0 Å². The van der Waals surface area contributed by atoms with Gasteiger partial charge in [0.05, 0.1) is 0 Å². The molecule has 0 spiro atoms. The number of rotatable bonds is 0. The highest BCUT2D eigenvalue weighted by molar-refractivity contribution is 7.16. The third-order valence-corrected chi connectivity index (χ3v) is 2.26. The van der Waals surface area contributed by atoms with E-state index < -0.39 is 0 Å². The van der Waals surface area contributed by atoms with E-state index in [9.17, 15) is 4.79 Å². The smallest absolute Gasteiger partial charge is 0.307 e. The van der Waals surface area contributed by atoms with Crippen LogP contribution in [0.4, 0.5) is 0 Å². The van der Waals surface area contributed by atoms with Gasteiger partial charge in [0.2, 0.25) is 0 Å². The molecule has 0 radical (unpaired) electrons. The molecular formula is C5H2ClN3OS. The lowest BCUT2D eigenvalue weighted by Gasteiger charge is -1.86. The van der Waals surface area contributed by atoms with E-state index >= 15 is 0 Å². The zero-order valence-electron chi connectivity index (χ0n) is 5.17. The summed E-state index contributed by atoms with van der Waals surface area (Å²) in [7, 11) is 0. The van der Waals surface area contributed by atoms with Gasteiger partial charge >= 0.3 is 4.87 Å². The number of hydrogen-bond acceptors (Lipinski definition) is 4. The number of nitrogens with one attached hydrogen (secondary N) is 1. The summed E-state index contributed by atoms with van der Waals surface area (Å²) < 4.78 is 0. The average molecular weight is 188 g/mol. The normalized spacial score (nSPS) is 10.6. The van der Waals surface area contributed by atoms with Gasteiger partial charge < -0.3 is 4.98 Å². The fourth-order valence-electron chi connectivity index (χ4n) is 0.747. The minimum Gasteiger partial charge on any atom is -0.308 e. The Hall–Kier alpha value is -0.940. The minimum atomic E-state index is -0.164. The number of fused-ring (bicyclic) bond motifs is 1. The third kappa shape index (κ3) is 1.02. The number of H-pyrrole nitrogens is 1. The molecule has 0 aliphatic carbocycles. The van der Waals surface area contributed by atoms with Gasteiger partial charge in [-0.25, -0.2) is 9.97 Å². The molecule has 0 aliphatic rings. The van der Waals surface area contributed by atoms with Crippen LogP contribution in [0.15, 0.2) is 11.1 Å². The zero-order valence-corrected chi connectivity index (χ0v) is 6.74. The zero-order chi connectivity index (χ0) is 7.84. The molecule has 2 heterocycles. The summed E-state index contributed by atoms with van der Waals surface area (Å²) in [6.07, 6.45) is 1.33. The lowest BCUT2D eigenvalue weighted by Crippen LogP contribution is -1.90. The van der Waals surface area contributed by atoms with Crippen molar-refractivity contribution in [2.45, 2.75) is 0 Å². The lowest BCUT2D eigenvalue weighted by molar-refractivity contribution is 1.22. The monoisotopic (exact) mass is 187 g/mol. The summed E-state index contributed by atoms with van der Waals surface area (Å²) in [6.45, 7) is 0. The van der Waals surface area contributed by atoms with Crippen LogP contribution in [0.25, 0.3) is 10.3 Å². The maximum atomic E-state index is 10.8. The predicted octanol–water partition coefficient (Wildman–Crippen LogP) is 1.03. The molecule has 0 unspecified atom stereocenters. The second-order valence-corrected chi connectivity index (χ2v) is 3.18. The first kappa shape index (κ1) is 6.75. The fraction of sp³-hybridized carbons (Fsp3) is 0. The fourth-order valence-corrected chi connectivity index (χ4v) is 1.66. The Morgan fingerprint density at radius 1 is 1.55 bits per heavy atom. The molecular weight excluding hydrogens is 186 g/mol. The molecule has 2 aromatic rings. The molecule has 0 saturated carbocycles. The van der Waals surface area contributed by atoms with Gasteiger partial charge in [-0.05, 0) is 0 Å². The summed E-state index contributed by atoms with van der Waals surface area (Å²) >= 11 is 6.68. The van der Waals surface area contributed by atoms with Gasteiger partial charge in [0.1, 0.15) is 16.7 Å². The van der Waals surface area contributed by atoms with Crippen LogP contribution in [-0.2, 0) is 0 Å². The molecule has 0 aromatic carbocycles. The summed E-state index contributed by atoms with van der Waals surface area (Å²) in [5.41, 5.74) is 0.518. The largest absolute Gasteiger partial charge is 0.308 e. The third-order valence-electron chi connectivity index (χ3n) is 1.18. The quantitative estimate of drug-likeness (QED) is 0.627. The summed E-state index contributed by atoms with van der Waals surface area (Å²) in [5, 5.41) is 0.286.